The Morgan fingerprint density at radius 2 is 2.17 bits per heavy atom. The molecule has 2 aromatic rings. The molecular weight excluding hydrogens is 242 g/mol. The van der Waals surface area contributed by atoms with Crippen molar-refractivity contribution in [1.29, 1.82) is 0 Å². The van der Waals surface area contributed by atoms with Gasteiger partial charge in [0, 0.05) is 17.5 Å². The number of hydrogen-bond donors (Lipinski definition) is 1. The zero-order chi connectivity index (χ0) is 12.4. The predicted molar refractivity (Wildman–Crippen MR) is 75.6 cm³/mol. The number of hydrogen-bond acceptors (Lipinski definition) is 3. The van der Waals surface area contributed by atoms with E-state index in [-0.39, 0.29) is 6.04 Å². The lowest BCUT2D eigenvalue weighted by molar-refractivity contribution is 0.403. The van der Waals surface area contributed by atoms with Gasteiger partial charge in [-0.05, 0) is 30.2 Å². The molecule has 2 heterocycles. The molecule has 0 spiro atoms. The third kappa shape index (κ3) is 2.33. The molecule has 0 bridgehead atoms. The van der Waals surface area contributed by atoms with E-state index in [2.05, 4.69) is 36.5 Å². The molecule has 94 valence electrons. The van der Waals surface area contributed by atoms with Crippen LogP contribution in [0.2, 0.25) is 0 Å². The topological polar surface area (TPSA) is 25.2 Å². The fourth-order valence-electron chi connectivity index (χ4n) is 2.44. The number of furan rings is 1. The molecular formula is C15H17NOS. The van der Waals surface area contributed by atoms with Crippen LogP contribution in [0.4, 0.5) is 0 Å². The molecule has 3 heteroatoms. The van der Waals surface area contributed by atoms with Crippen molar-refractivity contribution >= 4 is 11.8 Å². The van der Waals surface area contributed by atoms with Crippen LogP contribution in [0, 0.1) is 0 Å². The van der Waals surface area contributed by atoms with E-state index < -0.39 is 0 Å². The van der Waals surface area contributed by atoms with Gasteiger partial charge >= 0.3 is 0 Å². The van der Waals surface area contributed by atoms with Crippen LogP contribution in [0.5, 0.6) is 0 Å². The summed E-state index contributed by atoms with van der Waals surface area (Å²) in [7, 11) is 0. The first-order valence-corrected chi connectivity index (χ1v) is 7.45. The lowest BCUT2D eigenvalue weighted by Crippen LogP contribution is -2.28. The maximum atomic E-state index is 5.46. The summed E-state index contributed by atoms with van der Waals surface area (Å²) in [6.45, 7) is 2.15. The van der Waals surface area contributed by atoms with Crippen molar-refractivity contribution in [3.8, 4) is 0 Å². The highest BCUT2D eigenvalue weighted by molar-refractivity contribution is 7.98. The maximum absolute atomic E-state index is 5.46. The molecule has 0 saturated carbocycles. The van der Waals surface area contributed by atoms with Crippen LogP contribution in [0.25, 0.3) is 0 Å². The SMILES string of the molecule is C[C@H](NC1CSCc2ccccc21)c1ccco1. The number of nitrogens with one attached hydrogen (secondary N) is 1. The second-order valence-corrected chi connectivity index (χ2v) is 5.70. The van der Waals surface area contributed by atoms with Gasteiger partial charge in [-0.2, -0.15) is 11.8 Å². The Hall–Kier alpha value is -1.19. The summed E-state index contributed by atoms with van der Waals surface area (Å²) >= 11 is 1.99. The van der Waals surface area contributed by atoms with E-state index in [9.17, 15) is 0 Å². The molecule has 2 nitrogen and oxygen atoms in total. The molecule has 1 aromatic heterocycles. The van der Waals surface area contributed by atoms with Crippen molar-refractivity contribution in [2.45, 2.75) is 24.8 Å². The quantitative estimate of drug-likeness (QED) is 0.904. The summed E-state index contributed by atoms with van der Waals surface area (Å²) in [6, 6.07) is 13.3. The van der Waals surface area contributed by atoms with Crippen LogP contribution in [0.3, 0.4) is 0 Å². The molecule has 0 radical (unpaired) electrons. The van der Waals surface area contributed by atoms with E-state index in [4.69, 9.17) is 4.42 Å². The summed E-state index contributed by atoms with van der Waals surface area (Å²) in [5.41, 5.74) is 2.90. The number of fused-ring (bicyclic) bond motifs is 1. The van der Waals surface area contributed by atoms with E-state index in [1.54, 1.807) is 6.26 Å². The highest BCUT2D eigenvalue weighted by Crippen LogP contribution is 2.33. The number of benzene rings is 1. The molecule has 1 unspecified atom stereocenters. The third-order valence-corrected chi connectivity index (χ3v) is 4.48. The Bertz CT molecular complexity index is 509. The third-order valence-electron chi connectivity index (χ3n) is 3.39. The summed E-state index contributed by atoms with van der Waals surface area (Å²) in [4.78, 5) is 0. The van der Waals surface area contributed by atoms with Gasteiger partial charge in [0.05, 0.1) is 12.3 Å². The van der Waals surface area contributed by atoms with E-state index in [0.717, 1.165) is 17.3 Å². The van der Waals surface area contributed by atoms with Crippen LogP contribution in [-0.2, 0) is 5.75 Å². The lowest BCUT2D eigenvalue weighted by Gasteiger charge is -2.28. The minimum Gasteiger partial charge on any atom is -0.468 e. The standard InChI is InChI=1S/C15H17NOS/c1-11(15-7-4-8-17-15)16-14-10-18-9-12-5-2-3-6-13(12)14/h2-8,11,14,16H,9-10H2,1H3/t11-,14?/m0/s1. The van der Waals surface area contributed by atoms with Crippen LogP contribution < -0.4 is 5.32 Å². The average Bonchev–Trinajstić information content (AvgIpc) is 2.93. The van der Waals surface area contributed by atoms with Gasteiger partial charge in [0.15, 0.2) is 0 Å². The second-order valence-electron chi connectivity index (χ2n) is 4.67. The fourth-order valence-corrected chi connectivity index (χ4v) is 3.55. The second kappa shape index (κ2) is 5.21. The minimum atomic E-state index is 0.247. The Morgan fingerprint density at radius 3 is 3.00 bits per heavy atom. The maximum Gasteiger partial charge on any atom is 0.120 e. The Balaban J connectivity index is 1.78. The molecule has 3 rings (SSSR count). The highest BCUT2D eigenvalue weighted by atomic mass is 32.2. The van der Waals surface area contributed by atoms with Gasteiger partial charge in [0.1, 0.15) is 5.76 Å². The molecule has 0 amide bonds. The molecule has 0 aliphatic carbocycles. The van der Waals surface area contributed by atoms with Gasteiger partial charge in [-0.25, -0.2) is 0 Å². The van der Waals surface area contributed by atoms with E-state index in [0.29, 0.717) is 6.04 Å². The zero-order valence-corrected chi connectivity index (χ0v) is 11.2. The van der Waals surface area contributed by atoms with Crippen molar-refractivity contribution in [3.05, 3.63) is 59.5 Å². The molecule has 1 aromatic carbocycles. The van der Waals surface area contributed by atoms with Crippen molar-refractivity contribution < 1.29 is 4.42 Å². The normalized spacial score (nSPS) is 20.4. The minimum absolute atomic E-state index is 0.247. The van der Waals surface area contributed by atoms with Gasteiger partial charge in [-0.15, -0.1) is 0 Å². The van der Waals surface area contributed by atoms with E-state index >= 15 is 0 Å². The average molecular weight is 259 g/mol. The zero-order valence-electron chi connectivity index (χ0n) is 10.4. The van der Waals surface area contributed by atoms with E-state index in [1.807, 2.05) is 23.9 Å². The van der Waals surface area contributed by atoms with Gasteiger partial charge in [0.2, 0.25) is 0 Å². The van der Waals surface area contributed by atoms with E-state index in [1.165, 1.54) is 11.1 Å². The largest absolute Gasteiger partial charge is 0.468 e. The van der Waals surface area contributed by atoms with Crippen molar-refractivity contribution in [3.63, 3.8) is 0 Å². The van der Waals surface area contributed by atoms with Crippen LogP contribution in [0.1, 0.15) is 35.9 Å². The van der Waals surface area contributed by atoms with Crippen molar-refractivity contribution in [2.24, 2.45) is 0 Å². The monoisotopic (exact) mass is 259 g/mol. The summed E-state index contributed by atoms with van der Waals surface area (Å²) in [5.74, 6) is 3.26. The van der Waals surface area contributed by atoms with Crippen LogP contribution >= 0.6 is 11.8 Å². The van der Waals surface area contributed by atoms with Crippen LogP contribution in [-0.4, -0.2) is 5.75 Å². The lowest BCUT2D eigenvalue weighted by atomic mass is 10.0. The first kappa shape index (κ1) is 11.9. The molecule has 1 aliphatic heterocycles. The summed E-state index contributed by atoms with van der Waals surface area (Å²) in [6.07, 6.45) is 1.73. The van der Waals surface area contributed by atoms with Crippen molar-refractivity contribution in [1.82, 2.24) is 5.32 Å². The van der Waals surface area contributed by atoms with Gasteiger partial charge in [-0.3, -0.25) is 5.32 Å². The molecule has 18 heavy (non-hydrogen) atoms. The van der Waals surface area contributed by atoms with Crippen molar-refractivity contribution in [2.75, 3.05) is 5.75 Å². The van der Waals surface area contributed by atoms with Gasteiger partial charge in [-0.1, -0.05) is 24.3 Å². The summed E-state index contributed by atoms with van der Waals surface area (Å²) < 4.78 is 5.46. The van der Waals surface area contributed by atoms with Crippen LogP contribution in [0.15, 0.2) is 47.1 Å². The molecule has 1 N–H and O–H groups in total. The Kier molecular flexibility index (Phi) is 3.43. The first-order chi connectivity index (χ1) is 8.84. The molecule has 2 atom stereocenters. The number of thioether (sulfide) groups is 1. The Labute approximate surface area is 112 Å². The smallest absolute Gasteiger partial charge is 0.120 e. The fraction of sp³-hybridized carbons (Fsp3) is 0.333. The van der Waals surface area contributed by atoms with Gasteiger partial charge < -0.3 is 4.42 Å². The van der Waals surface area contributed by atoms with Gasteiger partial charge in [0.25, 0.3) is 0 Å². The molecule has 0 fully saturated rings. The highest BCUT2D eigenvalue weighted by Gasteiger charge is 2.22. The molecule has 1 aliphatic rings. The predicted octanol–water partition coefficient (Wildman–Crippen LogP) is 3.92. The first-order valence-electron chi connectivity index (χ1n) is 6.29. The molecule has 0 saturated heterocycles. The Morgan fingerprint density at radius 1 is 1.28 bits per heavy atom. The summed E-state index contributed by atoms with van der Waals surface area (Å²) in [5, 5.41) is 3.66. The number of rotatable bonds is 3.